The quantitative estimate of drug-likeness (QED) is 0.887. The van der Waals surface area contributed by atoms with Crippen molar-refractivity contribution in [2.45, 2.75) is 13.8 Å². The smallest absolute Gasteiger partial charge is 0.197 e. The number of anilines is 2. The number of amidine groups is 2. The van der Waals surface area contributed by atoms with Gasteiger partial charge in [-0.1, -0.05) is 5.16 Å². The van der Waals surface area contributed by atoms with Crippen LogP contribution in [0.2, 0.25) is 0 Å². The molecule has 118 valence electrons. The Morgan fingerprint density at radius 1 is 1.35 bits per heavy atom. The van der Waals surface area contributed by atoms with E-state index >= 15 is 0 Å². The summed E-state index contributed by atoms with van der Waals surface area (Å²) in [6.45, 7) is 3.70. The molecule has 2 heterocycles. The fourth-order valence-corrected chi connectivity index (χ4v) is 2.34. The number of nitrogens with one attached hydrogen (secondary N) is 2. The van der Waals surface area contributed by atoms with Gasteiger partial charge in [-0.25, -0.2) is 9.38 Å². The minimum absolute atomic E-state index is 0.267. The summed E-state index contributed by atoms with van der Waals surface area (Å²) in [4.78, 5) is 8.49. The Labute approximate surface area is 136 Å². The zero-order chi connectivity index (χ0) is 16.2. The molecule has 1 aromatic carbocycles. The van der Waals surface area contributed by atoms with Gasteiger partial charge in [0.1, 0.15) is 11.6 Å². The van der Waals surface area contributed by atoms with E-state index < -0.39 is 0 Å². The molecule has 0 aliphatic carbocycles. The summed E-state index contributed by atoms with van der Waals surface area (Å²) in [6.07, 6.45) is 1.67. The number of allylic oxidation sites excluding steroid dienone is 1. The molecule has 0 amide bonds. The number of nitrogens with zero attached hydrogens (tertiary/aromatic N) is 3. The van der Waals surface area contributed by atoms with Crippen LogP contribution in [0.15, 0.2) is 56.7 Å². The van der Waals surface area contributed by atoms with Gasteiger partial charge in [0.2, 0.25) is 0 Å². The molecule has 0 saturated carbocycles. The number of thioether (sulfide) groups is 1. The van der Waals surface area contributed by atoms with Crippen LogP contribution < -0.4 is 10.6 Å². The van der Waals surface area contributed by atoms with E-state index in [9.17, 15) is 4.39 Å². The maximum atomic E-state index is 12.8. The van der Waals surface area contributed by atoms with Gasteiger partial charge in [-0.3, -0.25) is 0 Å². The predicted octanol–water partition coefficient (Wildman–Crippen LogP) is 3.97. The highest BCUT2D eigenvalue weighted by Gasteiger charge is 2.16. The van der Waals surface area contributed by atoms with E-state index in [1.165, 1.54) is 23.9 Å². The second-order valence-electron chi connectivity index (χ2n) is 4.82. The van der Waals surface area contributed by atoms with Gasteiger partial charge in [-0.2, -0.15) is 4.99 Å². The van der Waals surface area contributed by atoms with Gasteiger partial charge < -0.3 is 15.2 Å². The summed E-state index contributed by atoms with van der Waals surface area (Å²) in [7, 11) is 0. The number of aryl methyl sites for hydroxylation is 1. The molecule has 0 unspecified atom stereocenters. The van der Waals surface area contributed by atoms with Crippen molar-refractivity contribution in [1.82, 2.24) is 5.16 Å². The highest BCUT2D eigenvalue weighted by molar-refractivity contribution is 8.29. The molecule has 0 atom stereocenters. The van der Waals surface area contributed by atoms with Crippen LogP contribution in [-0.4, -0.2) is 15.5 Å². The van der Waals surface area contributed by atoms with Gasteiger partial charge in [0.25, 0.3) is 0 Å². The van der Waals surface area contributed by atoms with Crippen molar-refractivity contribution in [1.29, 1.82) is 0 Å². The summed E-state index contributed by atoms with van der Waals surface area (Å²) in [5, 5.41) is 11.3. The molecule has 8 heteroatoms. The average Bonchev–Trinajstić information content (AvgIpc) is 2.88. The van der Waals surface area contributed by atoms with E-state index in [1.807, 2.05) is 13.8 Å². The molecule has 0 bridgehead atoms. The first kappa shape index (κ1) is 15.3. The highest BCUT2D eigenvalue weighted by atomic mass is 32.2. The Hall–Kier alpha value is -2.61. The largest absolute Gasteiger partial charge is 0.360 e. The molecule has 3 rings (SSSR count). The summed E-state index contributed by atoms with van der Waals surface area (Å²) >= 11 is 1.41. The molecule has 1 aliphatic rings. The number of hydrogen-bond donors (Lipinski definition) is 2. The van der Waals surface area contributed by atoms with Crippen LogP contribution >= 0.6 is 11.8 Å². The number of aliphatic imine (C=N–C) groups is 2. The highest BCUT2D eigenvalue weighted by Crippen LogP contribution is 2.22. The van der Waals surface area contributed by atoms with Gasteiger partial charge in [0.15, 0.2) is 16.2 Å². The van der Waals surface area contributed by atoms with Crippen molar-refractivity contribution in [2.24, 2.45) is 9.98 Å². The molecular formula is C15H14FN5OS. The number of rotatable bonds is 4. The second kappa shape index (κ2) is 6.66. The normalized spacial score (nSPS) is 16.0. The summed E-state index contributed by atoms with van der Waals surface area (Å²) in [6, 6.07) is 7.89. The summed E-state index contributed by atoms with van der Waals surface area (Å²) in [5.74, 6) is 1.11. The minimum Gasteiger partial charge on any atom is -0.360 e. The zero-order valence-electron chi connectivity index (χ0n) is 12.5. The molecule has 0 saturated heterocycles. The Kier molecular flexibility index (Phi) is 4.42. The molecule has 0 radical (unpaired) electrons. The topological polar surface area (TPSA) is 74.8 Å². The van der Waals surface area contributed by atoms with Crippen molar-refractivity contribution < 1.29 is 8.91 Å². The van der Waals surface area contributed by atoms with Gasteiger partial charge in [-0.15, -0.1) is 0 Å². The van der Waals surface area contributed by atoms with E-state index in [2.05, 4.69) is 25.8 Å². The Morgan fingerprint density at radius 2 is 2.09 bits per heavy atom. The van der Waals surface area contributed by atoms with E-state index in [-0.39, 0.29) is 5.82 Å². The fraction of sp³-hybridized carbons (Fsp3) is 0.133. The van der Waals surface area contributed by atoms with Crippen molar-refractivity contribution in [3.05, 3.63) is 53.8 Å². The maximum absolute atomic E-state index is 12.8. The Morgan fingerprint density at radius 3 is 2.74 bits per heavy atom. The Balaban J connectivity index is 1.55. The second-order valence-corrected chi connectivity index (χ2v) is 5.78. The van der Waals surface area contributed by atoms with Crippen LogP contribution in [0.3, 0.4) is 0 Å². The first-order valence-corrected chi connectivity index (χ1v) is 7.64. The van der Waals surface area contributed by atoms with Crippen LogP contribution in [0.1, 0.15) is 12.7 Å². The van der Waals surface area contributed by atoms with Crippen molar-refractivity contribution in [3.63, 3.8) is 0 Å². The molecule has 0 spiro atoms. The Bertz CT molecular complexity index is 794. The fourth-order valence-electron chi connectivity index (χ4n) is 1.76. The lowest BCUT2D eigenvalue weighted by Crippen LogP contribution is -2.19. The molecule has 2 aromatic rings. The summed E-state index contributed by atoms with van der Waals surface area (Å²) < 4.78 is 17.8. The van der Waals surface area contributed by atoms with Crippen molar-refractivity contribution in [2.75, 3.05) is 10.6 Å². The number of aromatic nitrogens is 1. The van der Waals surface area contributed by atoms with Crippen LogP contribution in [0.5, 0.6) is 0 Å². The first-order chi connectivity index (χ1) is 11.1. The van der Waals surface area contributed by atoms with Crippen LogP contribution in [0, 0.1) is 12.7 Å². The first-order valence-electron chi connectivity index (χ1n) is 6.82. The number of benzene rings is 1. The van der Waals surface area contributed by atoms with Crippen molar-refractivity contribution in [3.8, 4) is 0 Å². The maximum Gasteiger partial charge on any atom is 0.197 e. The van der Waals surface area contributed by atoms with E-state index in [0.717, 1.165) is 22.3 Å². The minimum atomic E-state index is -0.267. The average molecular weight is 331 g/mol. The van der Waals surface area contributed by atoms with E-state index in [0.29, 0.717) is 11.0 Å². The number of halogens is 1. The molecule has 2 N–H and O–H groups in total. The summed E-state index contributed by atoms with van der Waals surface area (Å²) in [5.41, 5.74) is 1.60. The van der Waals surface area contributed by atoms with Gasteiger partial charge in [-0.05, 0) is 49.9 Å². The SMILES string of the molecule is C/C(=C/N=C1N=C(Nc2ccc(F)cc2)S1)Nc1cc(C)on1. The van der Waals surface area contributed by atoms with E-state index in [1.54, 1.807) is 24.4 Å². The van der Waals surface area contributed by atoms with Gasteiger partial charge in [0, 0.05) is 23.7 Å². The molecule has 6 nitrogen and oxygen atoms in total. The molecule has 23 heavy (non-hydrogen) atoms. The third-order valence-corrected chi connectivity index (χ3v) is 3.57. The van der Waals surface area contributed by atoms with Crippen LogP contribution in [0.25, 0.3) is 0 Å². The number of hydrogen-bond acceptors (Lipinski definition) is 6. The third-order valence-electron chi connectivity index (χ3n) is 2.80. The predicted molar refractivity (Wildman–Crippen MR) is 91.1 cm³/mol. The molecule has 1 aromatic heterocycles. The molecule has 1 aliphatic heterocycles. The lowest BCUT2D eigenvalue weighted by Gasteiger charge is -2.15. The molecular weight excluding hydrogens is 317 g/mol. The van der Waals surface area contributed by atoms with Gasteiger partial charge >= 0.3 is 0 Å². The standard InChI is InChI=1S/C15H14FN5OS/c1-9(18-13-7-10(2)22-21-13)8-17-14-20-15(23-14)19-12-5-3-11(16)4-6-12/h3-8H,1-2H3,(H,18,21)(H,17,19,20)/b9-8-. The van der Waals surface area contributed by atoms with Crippen LogP contribution in [-0.2, 0) is 0 Å². The molecule has 0 fully saturated rings. The van der Waals surface area contributed by atoms with Gasteiger partial charge in [0.05, 0.1) is 0 Å². The van der Waals surface area contributed by atoms with E-state index in [4.69, 9.17) is 4.52 Å². The lowest BCUT2D eigenvalue weighted by molar-refractivity contribution is 0.400. The monoisotopic (exact) mass is 331 g/mol. The third kappa shape index (κ3) is 4.19. The van der Waals surface area contributed by atoms with Crippen molar-refractivity contribution >= 4 is 33.6 Å². The van der Waals surface area contributed by atoms with Crippen LogP contribution in [0.4, 0.5) is 15.9 Å². The zero-order valence-corrected chi connectivity index (χ0v) is 13.3. The lowest BCUT2D eigenvalue weighted by atomic mass is 10.3.